The number of aryl methyl sites for hydroxylation is 1. The molecule has 1 N–H and O–H groups in total. The zero-order chi connectivity index (χ0) is 10.1. The number of morpholine rings is 1. The predicted molar refractivity (Wildman–Crippen MR) is 60.0 cm³/mol. The summed E-state index contributed by atoms with van der Waals surface area (Å²) in [6.45, 7) is 2.74. The van der Waals surface area contributed by atoms with Crippen molar-refractivity contribution in [3.8, 4) is 0 Å². The zero-order valence-electron chi connectivity index (χ0n) is 8.96. The van der Waals surface area contributed by atoms with Crippen LogP contribution in [0.4, 0.5) is 0 Å². The molecule has 0 radical (unpaired) electrons. The highest BCUT2D eigenvalue weighted by Crippen LogP contribution is 2.29. The molecule has 2 nitrogen and oxygen atoms in total. The molecule has 0 saturated carbocycles. The third-order valence-corrected chi connectivity index (χ3v) is 3.64. The largest absolute Gasteiger partial charge is 0.378 e. The van der Waals surface area contributed by atoms with Crippen LogP contribution in [0.3, 0.4) is 0 Å². The molecule has 0 amide bonds. The fourth-order valence-corrected chi connectivity index (χ4v) is 2.78. The molecule has 2 aliphatic rings. The Labute approximate surface area is 90.6 Å². The second-order valence-electron chi connectivity index (χ2n) is 4.71. The Morgan fingerprint density at radius 2 is 2.07 bits per heavy atom. The Kier molecular flexibility index (Phi) is 2.26. The minimum atomic E-state index is 0.229. The molecule has 1 aromatic rings. The van der Waals surface area contributed by atoms with Crippen LogP contribution in [-0.4, -0.2) is 25.3 Å². The maximum absolute atomic E-state index is 5.62. The van der Waals surface area contributed by atoms with Crippen LogP contribution in [0.1, 0.15) is 17.5 Å². The van der Waals surface area contributed by atoms with Crippen molar-refractivity contribution >= 4 is 0 Å². The second-order valence-corrected chi connectivity index (χ2v) is 4.71. The summed E-state index contributed by atoms with van der Waals surface area (Å²) < 4.78 is 5.62. The van der Waals surface area contributed by atoms with Crippen molar-refractivity contribution in [1.29, 1.82) is 0 Å². The van der Waals surface area contributed by atoms with E-state index in [-0.39, 0.29) is 5.54 Å². The molecule has 15 heavy (non-hydrogen) atoms. The van der Waals surface area contributed by atoms with Crippen LogP contribution in [0.25, 0.3) is 0 Å². The Morgan fingerprint density at radius 3 is 2.87 bits per heavy atom. The molecule has 0 aromatic heterocycles. The first kappa shape index (κ1) is 9.37. The molecular weight excluding hydrogens is 186 g/mol. The van der Waals surface area contributed by atoms with E-state index < -0.39 is 0 Å². The van der Waals surface area contributed by atoms with Gasteiger partial charge in [-0.3, -0.25) is 0 Å². The van der Waals surface area contributed by atoms with E-state index in [0.29, 0.717) is 0 Å². The van der Waals surface area contributed by atoms with Gasteiger partial charge in [-0.15, -0.1) is 0 Å². The molecule has 2 heteroatoms. The molecule has 0 bridgehead atoms. The second kappa shape index (κ2) is 3.62. The fraction of sp³-hybridized carbons (Fsp3) is 0.538. The van der Waals surface area contributed by atoms with E-state index in [2.05, 4.69) is 29.6 Å². The average molecular weight is 203 g/mol. The molecular formula is C13H17NO. The lowest BCUT2D eigenvalue weighted by Crippen LogP contribution is -2.57. The summed E-state index contributed by atoms with van der Waals surface area (Å²) in [6, 6.07) is 8.79. The van der Waals surface area contributed by atoms with Crippen LogP contribution in [0, 0.1) is 0 Å². The quantitative estimate of drug-likeness (QED) is 0.690. The summed E-state index contributed by atoms with van der Waals surface area (Å²) in [6.07, 6.45) is 3.53. The number of nitrogens with one attached hydrogen (secondary N) is 1. The molecule has 1 saturated heterocycles. The zero-order valence-corrected chi connectivity index (χ0v) is 8.96. The lowest BCUT2D eigenvalue weighted by molar-refractivity contribution is 0.0206. The smallest absolute Gasteiger partial charge is 0.0652 e. The normalized spacial score (nSPS) is 30.1. The predicted octanol–water partition coefficient (Wildman–Crippen LogP) is 1.53. The third-order valence-electron chi connectivity index (χ3n) is 3.64. The van der Waals surface area contributed by atoms with Gasteiger partial charge in [0.25, 0.3) is 0 Å². The molecule has 80 valence electrons. The van der Waals surface area contributed by atoms with Crippen LogP contribution < -0.4 is 5.32 Å². The Bertz CT molecular complexity index is 355. The highest BCUT2D eigenvalue weighted by atomic mass is 16.5. The first-order chi connectivity index (χ1) is 7.38. The standard InChI is InChI=1S/C13H17NO/c1-2-4-12-9-13(6-5-11(12)3-1)10-15-8-7-14-13/h1-4,14H,5-10H2. The first-order valence-electron chi connectivity index (χ1n) is 5.78. The molecule has 1 spiro atoms. The number of benzene rings is 1. The van der Waals surface area contributed by atoms with Crippen molar-refractivity contribution in [3.05, 3.63) is 35.4 Å². The SMILES string of the molecule is c1ccc2c(c1)CCC1(COCCN1)C2. The average Bonchev–Trinajstić information content (AvgIpc) is 2.30. The van der Waals surface area contributed by atoms with Gasteiger partial charge in [0.1, 0.15) is 0 Å². The monoisotopic (exact) mass is 203 g/mol. The summed E-state index contributed by atoms with van der Waals surface area (Å²) in [5.74, 6) is 0. The number of fused-ring (bicyclic) bond motifs is 1. The number of hydrogen-bond acceptors (Lipinski definition) is 2. The lowest BCUT2D eigenvalue weighted by Gasteiger charge is -2.41. The molecule has 1 fully saturated rings. The van der Waals surface area contributed by atoms with E-state index >= 15 is 0 Å². The van der Waals surface area contributed by atoms with Gasteiger partial charge in [0.2, 0.25) is 0 Å². The number of ether oxygens (including phenoxy) is 1. The van der Waals surface area contributed by atoms with Crippen LogP contribution in [0.5, 0.6) is 0 Å². The van der Waals surface area contributed by atoms with Crippen molar-refractivity contribution in [1.82, 2.24) is 5.32 Å². The van der Waals surface area contributed by atoms with E-state index in [1.54, 1.807) is 0 Å². The highest BCUT2D eigenvalue weighted by Gasteiger charge is 2.35. The minimum Gasteiger partial charge on any atom is -0.378 e. The summed E-state index contributed by atoms with van der Waals surface area (Å²) >= 11 is 0. The van der Waals surface area contributed by atoms with Crippen LogP contribution in [0.2, 0.25) is 0 Å². The van der Waals surface area contributed by atoms with E-state index in [9.17, 15) is 0 Å². The summed E-state index contributed by atoms with van der Waals surface area (Å²) in [4.78, 5) is 0. The molecule has 3 rings (SSSR count). The van der Waals surface area contributed by atoms with E-state index in [0.717, 1.165) is 26.2 Å². The van der Waals surface area contributed by atoms with Gasteiger partial charge in [-0.1, -0.05) is 24.3 Å². The van der Waals surface area contributed by atoms with Gasteiger partial charge in [-0.2, -0.15) is 0 Å². The summed E-state index contributed by atoms with van der Waals surface area (Å²) in [5.41, 5.74) is 3.25. The first-order valence-corrected chi connectivity index (χ1v) is 5.78. The van der Waals surface area contributed by atoms with Gasteiger partial charge in [0.05, 0.1) is 13.2 Å². The molecule has 1 aliphatic heterocycles. The minimum absolute atomic E-state index is 0.229. The molecule has 1 aromatic carbocycles. The molecule has 1 atom stereocenters. The number of hydrogen-bond donors (Lipinski definition) is 1. The van der Waals surface area contributed by atoms with E-state index in [4.69, 9.17) is 4.74 Å². The Balaban J connectivity index is 1.87. The molecule has 1 unspecified atom stereocenters. The topological polar surface area (TPSA) is 21.3 Å². The maximum Gasteiger partial charge on any atom is 0.0652 e. The van der Waals surface area contributed by atoms with Crippen molar-refractivity contribution in [2.24, 2.45) is 0 Å². The van der Waals surface area contributed by atoms with Crippen LogP contribution >= 0.6 is 0 Å². The summed E-state index contributed by atoms with van der Waals surface area (Å²) in [7, 11) is 0. The van der Waals surface area contributed by atoms with Crippen LogP contribution in [0.15, 0.2) is 24.3 Å². The van der Waals surface area contributed by atoms with E-state index in [1.165, 1.54) is 24.0 Å². The number of rotatable bonds is 0. The van der Waals surface area contributed by atoms with Crippen molar-refractivity contribution in [2.75, 3.05) is 19.8 Å². The van der Waals surface area contributed by atoms with Crippen molar-refractivity contribution < 1.29 is 4.74 Å². The molecule has 1 aliphatic carbocycles. The van der Waals surface area contributed by atoms with Gasteiger partial charge in [-0.25, -0.2) is 0 Å². The van der Waals surface area contributed by atoms with E-state index in [1.807, 2.05) is 0 Å². The van der Waals surface area contributed by atoms with Crippen molar-refractivity contribution in [3.63, 3.8) is 0 Å². The summed E-state index contributed by atoms with van der Waals surface area (Å²) in [5, 5.41) is 3.65. The van der Waals surface area contributed by atoms with Crippen LogP contribution in [-0.2, 0) is 17.6 Å². The van der Waals surface area contributed by atoms with Gasteiger partial charge in [0, 0.05) is 12.1 Å². The van der Waals surface area contributed by atoms with Gasteiger partial charge in [0.15, 0.2) is 0 Å². The Hall–Kier alpha value is -0.860. The van der Waals surface area contributed by atoms with Gasteiger partial charge in [-0.05, 0) is 30.4 Å². The molecule has 1 heterocycles. The maximum atomic E-state index is 5.62. The van der Waals surface area contributed by atoms with Crippen molar-refractivity contribution in [2.45, 2.75) is 24.8 Å². The van der Waals surface area contributed by atoms with Gasteiger partial charge >= 0.3 is 0 Å². The van der Waals surface area contributed by atoms with Gasteiger partial charge < -0.3 is 10.1 Å². The Morgan fingerprint density at radius 1 is 1.20 bits per heavy atom. The fourth-order valence-electron chi connectivity index (χ4n) is 2.78. The third kappa shape index (κ3) is 1.68. The highest BCUT2D eigenvalue weighted by molar-refractivity contribution is 5.32. The lowest BCUT2D eigenvalue weighted by atomic mass is 9.78.